The quantitative estimate of drug-likeness (QED) is 0.156. The number of fused-ring (bicyclic) bond motifs is 27. The van der Waals surface area contributed by atoms with Crippen molar-refractivity contribution in [2.45, 2.75) is 64.7 Å². The second kappa shape index (κ2) is 19.5. The molecule has 0 saturated carbocycles. The van der Waals surface area contributed by atoms with Gasteiger partial charge in [0.25, 0.3) is 0 Å². The van der Waals surface area contributed by atoms with Gasteiger partial charge in [-0.3, -0.25) is 0 Å². The average Bonchev–Trinajstić information content (AvgIpc) is 1.48. The number of hydrogen-bond acceptors (Lipinski definition) is 3. The molecule has 16 aromatic rings. The number of hydrogen-bond donors (Lipinski definition) is 0. The second-order valence-electron chi connectivity index (χ2n) is 28.0. The summed E-state index contributed by atoms with van der Waals surface area (Å²) in [5.74, 6) is 1.91. The molecule has 1 aromatic heterocycles. The third kappa shape index (κ3) is 7.35. The molecule has 0 spiro atoms. The Hall–Kier alpha value is -11.1. The first-order valence-corrected chi connectivity index (χ1v) is 33.1. The van der Waals surface area contributed by atoms with Gasteiger partial charge in [-0.15, -0.1) is 0 Å². The first-order valence-electron chi connectivity index (χ1n) is 33.1. The summed E-state index contributed by atoms with van der Waals surface area (Å²) < 4.78 is 0. The Labute approximate surface area is 547 Å². The summed E-state index contributed by atoms with van der Waals surface area (Å²) in [4.78, 5) is 15.3. The molecule has 1 heterocycles. The molecule has 0 amide bonds. The van der Waals surface area contributed by atoms with E-state index in [1.54, 1.807) is 0 Å². The van der Waals surface area contributed by atoms with Crippen molar-refractivity contribution in [1.29, 1.82) is 0 Å². The molecule has 0 atom stereocenters. The normalized spacial score (nSPS) is 14.6. The summed E-state index contributed by atoms with van der Waals surface area (Å²) in [6, 6.07) is 88.0. The van der Waals surface area contributed by atoms with E-state index in [2.05, 4.69) is 273 Å². The van der Waals surface area contributed by atoms with Crippen LogP contribution in [0.5, 0.6) is 0 Å². The van der Waals surface area contributed by atoms with Gasteiger partial charge in [0.05, 0.1) is 0 Å². The second-order valence-corrected chi connectivity index (χ2v) is 28.0. The maximum Gasteiger partial charge on any atom is 0.164 e. The maximum absolute atomic E-state index is 5.13. The van der Waals surface area contributed by atoms with Gasteiger partial charge in [0, 0.05) is 32.9 Å². The molecule has 0 unspecified atom stereocenters. The first kappa shape index (κ1) is 54.6. The van der Waals surface area contributed by atoms with Crippen LogP contribution in [0.2, 0.25) is 0 Å². The van der Waals surface area contributed by atoms with E-state index in [1.165, 1.54) is 153 Å². The molecular weight excluding hydrogens is 1140 g/mol. The van der Waals surface area contributed by atoms with E-state index in [-0.39, 0.29) is 10.8 Å². The Balaban J connectivity index is 0.870. The molecule has 0 fully saturated rings. The largest absolute Gasteiger partial charge is 0.208 e. The summed E-state index contributed by atoms with van der Waals surface area (Å²) in [6.07, 6.45) is 6.59. The van der Waals surface area contributed by atoms with Crippen molar-refractivity contribution < 1.29 is 0 Å². The van der Waals surface area contributed by atoms with E-state index in [0.29, 0.717) is 17.5 Å². The molecule has 3 aliphatic carbocycles. The summed E-state index contributed by atoms with van der Waals surface area (Å²) in [6.45, 7) is 22.0. The predicted octanol–water partition coefficient (Wildman–Crippen LogP) is 24.4. The van der Waals surface area contributed by atoms with Crippen LogP contribution in [0.15, 0.2) is 249 Å². The summed E-state index contributed by atoms with van der Waals surface area (Å²) in [5.41, 5.74) is 22.9. The Bertz CT molecular complexity index is 6080. The Morgan fingerprint density at radius 3 is 0.989 bits per heavy atom. The fourth-order valence-electron chi connectivity index (χ4n) is 17.8. The molecular formula is C91H65N3. The zero-order valence-electron chi connectivity index (χ0n) is 53.8. The van der Waals surface area contributed by atoms with Gasteiger partial charge in [0.1, 0.15) is 0 Å². The van der Waals surface area contributed by atoms with Crippen molar-refractivity contribution in [1.82, 2.24) is 15.0 Å². The highest BCUT2D eigenvalue weighted by atomic mass is 15.0. The molecule has 0 aliphatic heterocycles. The van der Waals surface area contributed by atoms with Crippen molar-refractivity contribution in [2.75, 3.05) is 0 Å². The monoisotopic (exact) mass is 1200 g/mol. The standard InChI is InChI=1S/C91H65N3/c1-9-26-57-56(10-2)68-45-74-79(50-73(68)66-42-41-54(44-67(57)66)53-31-25-32-55(43-53)88-93-86(51-27-13-11-14-28-51)92-87(94-88)52-29-15-12-16-30-52)91(7,8)84-80(74)83-81(75-46-69-62-37-21-17-33-58(62)60-35-19-23-39-64(60)71(69)48-77(75)89(83,3)4)85-82(84)76-47-70-63-38-22-18-34-59(63)61-36-20-24-40-65(61)72(70)49-78(76)90(85,5)6/h9-50H,2H2,1,3-8H3/b26-9-. The molecule has 444 valence electrons. The maximum atomic E-state index is 5.13. The number of allylic oxidation sites excluding steroid dienone is 1. The Kier molecular flexibility index (Phi) is 11.3. The summed E-state index contributed by atoms with van der Waals surface area (Å²) in [5, 5.41) is 20.5. The predicted molar refractivity (Wildman–Crippen MR) is 399 cm³/mol. The minimum atomic E-state index is -0.420. The molecule has 0 radical (unpaired) electrons. The highest BCUT2D eigenvalue weighted by Crippen LogP contribution is 2.69. The minimum absolute atomic E-state index is 0.370. The molecule has 0 saturated heterocycles. The van der Waals surface area contributed by atoms with Gasteiger partial charge >= 0.3 is 0 Å². The molecule has 15 aromatic carbocycles. The van der Waals surface area contributed by atoms with Crippen LogP contribution in [0, 0.1) is 0 Å². The summed E-state index contributed by atoms with van der Waals surface area (Å²) in [7, 11) is 0. The average molecular weight is 1200 g/mol. The van der Waals surface area contributed by atoms with Gasteiger partial charge in [-0.2, -0.15) is 0 Å². The van der Waals surface area contributed by atoms with Crippen molar-refractivity contribution in [2.24, 2.45) is 0 Å². The molecule has 3 heteroatoms. The van der Waals surface area contributed by atoms with Crippen molar-refractivity contribution in [3.8, 4) is 78.7 Å². The third-order valence-corrected chi connectivity index (χ3v) is 22.0. The first-order chi connectivity index (χ1) is 45.8. The van der Waals surface area contributed by atoms with Gasteiger partial charge in [0.15, 0.2) is 17.5 Å². The molecule has 0 N–H and O–H groups in total. The van der Waals surface area contributed by atoms with E-state index in [0.717, 1.165) is 38.9 Å². The lowest BCUT2D eigenvalue weighted by atomic mass is 9.71. The lowest BCUT2D eigenvalue weighted by molar-refractivity contribution is 0.636. The molecule has 3 nitrogen and oxygen atoms in total. The van der Waals surface area contributed by atoms with Crippen LogP contribution in [-0.2, 0) is 16.2 Å². The number of aromatic nitrogens is 3. The van der Waals surface area contributed by atoms with Crippen molar-refractivity contribution in [3.05, 3.63) is 294 Å². The number of benzene rings is 15. The third-order valence-electron chi connectivity index (χ3n) is 22.0. The molecule has 19 rings (SSSR count). The van der Waals surface area contributed by atoms with Crippen LogP contribution >= 0.6 is 0 Å². The van der Waals surface area contributed by atoms with Crippen LogP contribution in [-0.4, -0.2) is 15.0 Å². The van der Waals surface area contributed by atoms with Crippen molar-refractivity contribution >= 4 is 98.3 Å². The van der Waals surface area contributed by atoms with Gasteiger partial charge in [-0.1, -0.05) is 254 Å². The van der Waals surface area contributed by atoms with E-state index in [1.807, 2.05) is 36.4 Å². The Morgan fingerprint density at radius 1 is 0.277 bits per heavy atom. The zero-order chi connectivity index (χ0) is 63.3. The highest BCUT2D eigenvalue weighted by Gasteiger charge is 2.53. The molecule has 94 heavy (non-hydrogen) atoms. The van der Waals surface area contributed by atoms with Crippen LogP contribution in [0.25, 0.3) is 177 Å². The van der Waals surface area contributed by atoms with Gasteiger partial charge in [-0.25, -0.2) is 15.0 Å². The van der Waals surface area contributed by atoms with E-state index < -0.39 is 5.41 Å². The smallest absolute Gasteiger partial charge is 0.164 e. The number of nitrogens with zero attached hydrogens (tertiary/aromatic N) is 3. The van der Waals surface area contributed by atoms with E-state index >= 15 is 0 Å². The SMILES string of the molecule is C=Cc1c(/C=C\C)c2cc(-c3cccc(-c4nc(-c5ccccc5)nc(-c5ccccc5)n4)c3)ccc2c2cc3c(cc12)-c1c(c2c(c4c1C(C)(C)c1cc5c6ccccc6c6ccccc6c5cc1-4)C(C)(C)c1cc4c5ccccc5c5ccccc5c4cc1-2)C3(C)C. The zero-order valence-corrected chi connectivity index (χ0v) is 53.8. The Morgan fingerprint density at radius 2 is 0.585 bits per heavy atom. The van der Waals surface area contributed by atoms with Crippen LogP contribution in [0.4, 0.5) is 0 Å². The summed E-state index contributed by atoms with van der Waals surface area (Å²) >= 11 is 0. The van der Waals surface area contributed by atoms with E-state index in [4.69, 9.17) is 15.0 Å². The van der Waals surface area contributed by atoms with E-state index in [9.17, 15) is 0 Å². The van der Waals surface area contributed by atoms with Gasteiger partial charge in [-0.05, 0) is 231 Å². The topological polar surface area (TPSA) is 38.7 Å². The fourth-order valence-corrected chi connectivity index (χ4v) is 17.8. The highest BCUT2D eigenvalue weighted by molar-refractivity contribution is 6.29. The fraction of sp³-hybridized carbons (Fsp3) is 0.110. The van der Waals surface area contributed by atoms with Crippen LogP contribution in [0.3, 0.4) is 0 Å². The number of rotatable bonds is 6. The van der Waals surface area contributed by atoms with Gasteiger partial charge < -0.3 is 0 Å². The molecule has 3 aliphatic rings. The minimum Gasteiger partial charge on any atom is -0.208 e. The van der Waals surface area contributed by atoms with Gasteiger partial charge in [0.2, 0.25) is 0 Å². The lowest BCUT2D eigenvalue weighted by Crippen LogP contribution is -2.22. The van der Waals surface area contributed by atoms with Crippen LogP contribution < -0.4 is 0 Å². The lowest BCUT2D eigenvalue weighted by Gasteiger charge is -2.31. The van der Waals surface area contributed by atoms with Crippen LogP contribution in [0.1, 0.15) is 93.0 Å². The van der Waals surface area contributed by atoms with Crippen molar-refractivity contribution in [3.63, 3.8) is 0 Å². The molecule has 0 bridgehead atoms.